The predicted octanol–water partition coefficient (Wildman–Crippen LogP) is 2.30. The van der Waals surface area contributed by atoms with Gasteiger partial charge in [-0.15, -0.1) is 0 Å². The lowest BCUT2D eigenvalue weighted by Gasteiger charge is -2.17. The average molecular weight is 225 g/mol. The largest absolute Gasteiger partial charge is 0.385 e. The maximum atomic E-state index is 13.1. The van der Waals surface area contributed by atoms with Gasteiger partial charge in [-0.25, -0.2) is 4.39 Å². The summed E-state index contributed by atoms with van der Waals surface area (Å²) >= 11 is 0. The Bertz CT molecular complexity index is 328. The smallest absolute Gasteiger partial charge is 0.123 e. The number of hydrogen-bond acceptors (Lipinski definition) is 2. The van der Waals surface area contributed by atoms with Crippen molar-refractivity contribution in [3.05, 3.63) is 35.1 Å². The quantitative estimate of drug-likeness (QED) is 0.802. The van der Waals surface area contributed by atoms with E-state index in [1.165, 1.54) is 6.07 Å². The fourth-order valence-corrected chi connectivity index (χ4v) is 1.73. The van der Waals surface area contributed by atoms with E-state index in [0.29, 0.717) is 6.04 Å². The van der Waals surface area contributed by atoms with E-state index in [1.54, 1.807) is 13.2 Å². The highest BCUT2D eigenvalue weighted by atomic mass is 19.1. The van der Waals surface area contributed by atoms with Crippen LogP contribution in [0.5, 0.6) is 0 Å². The molecule has 1 rings (SSSR count). The van der Waals surface area contributed by atoms with Crippen LogP contribution in [0.1, 0.15) is 17.5 Å². The highest BCUT2D eigenvalue weighted by molar-refractivity contribution is 5.27. The Hall–Kier alpha value is -0.930. The summed E-state index contributed by atoms with van der Waals surface area (Å²) in [5.74, 6) is -0.165. The summed E-state index contributed by atoms with van der Waals surface area (Å²) in [4.78, 5) is 0. The SMILES string of the molecule is CNC(CCOC)Cc1cc(F)ccc1C. The Kier molecular flexibility index (Phi) is 5.43. The van der Waals surface area contributed by atoms with Crippen LogP contribution >= 0.6 is 0 Å². The number of hydrogen-bond donors (Lipinski definition) is 1. The lowest BCUT2D eigenvalue weighted by molar-refractivity contribution is 0.184. The van der Waals surface area contributed by atoms with Crippen molar-refractivity contribution in [3.63, 3.8) is 0 Å². The Labute approximate surface area is 96.8 Å². The number of benzene rings is 1. The topological polar surface area (TPSA) is 21.3 Å². The molecule has 0 spiro atoms. The van der Waals surface area contributed by atoms with Gasteiger partial charge in [0.15, 0.2) is 0 Å². The van der Waals surface area contributed by atoms with E-state index in [-0.39, 0.29) is 5.82 Å². The molecule has 1 aromatic carbocycles. The summed E-state index contributed by atoms with van der Waals surface area (Å²) in [7, 11) is 3.62. The molecular formula is C13H20FNO. The summed E-state index contributed by atoms with van der Waals surface area (Å²) in [6, 6.07) is 5.28. The number of rotatable bonds is 6. The van der Waals surface area contributed by atoms with Crippen LogP contribution in [0.4, 0.5) is 4.39 Å². The van der Waals surface area contributed by atoms with Crippen LogP contribution in [0, 0.1) is 12.7 Å². The van der Waals surface area contributed by atoms with Gasteiger partial charge in [-0.1, -0.05) is 6.07 Å². The summed E-state index contributed by atoms with van der Waals surface area (Å²) in [5.41, 5.74) is 2.20. The molecule has 0 amide bonds. The molecular weight excluding hydrogens is 205 g/mol. The van der Waals surface area contributed by atoms with Crippen LogP contribution in [-0.2, 0) is 11.2 Å². The van der Waals surface area contributed by atoms with Crippen molar-refractivity contribution < 1.29 is 9.13 Å². The van der Waals surface area contributed by atoms with Gasteiger partial charge in [0, 0.05) is 19.8 Å². The van der Waals surface area contributed by atoms with E-state index < -0.39 is 0 Å². The van der Waals surface area contributed by atoms with Gasteiger partial charge in [-0.05, 0) is 50.1 Å². The van der Waals surface area contributed by atoms with Crippen LogP contribution in [-0.4, -0.2) is 26.8 Å². The van der Waals surface area contributed by atoms with Gasteiger partial charge in [-0.2, -0.15) is 0 Å². The molecule has 0 bridgehead atoms. The summed E-state index contributed by atoms with van der Waals surface area (Å²) in [6.45, 7) is 2.73. The van der Waals surface area contributed by atoms with Crippen molar-refractivity contribution in [2.24, 2.45) is 0 Å². The number of likely N-dealkylation sites (N-methyl/N-ethyl adjacent to an activating group) is 1. The van der Waals surface area contributed by atoms with Gasteiger partial charge < -0.3 is 10.1 Å². The van der Waals surface area contributed by atoms with E-state index in [9.17, 15) is 4.39 Å². The van der Waals surface area contributed by atoms with Gasteiger partial charge in [0.25, 0.3) is 0 Å². The van der Waals surface area contributed by atoms with Crippen molar-refractivity contribution in [2.75, 3.05) is 20.8 Å². The van der Waals surface area contributed by atoms with E-state index >= 15 is 0 Å². The lowest BCUT2D eigenvalue weighted by atomic mass is 9.99. The molecule has 90 valence electrons. The van der Waals surface area contributed by atoms with Gasteiger partial charge in [-0.3, -0.25) is 0 Å². The molecule has 0 saturated carbocycles. The summed E-state index contributed by atoms with van der Waals surface area (Å²) in [6.07, 6.45) is 1.77. The molecule has 0 aliphatic carbocycles. The molecule has 2 nitrogen and oxygen atoms in total. The third kappa shape index (κ3) is 3.91. The minimum absolute atomic E-state index is 0.165. The molecule has 1 unspecified atom stereocenters. The fourth-order valence-electron chi connectivity index (χ4n) is 1.73. The average Bonchev–Trinajstić information content (AvgIpc) is 2.28. The van der Waals surface area contributed by atoms with Crippen molar-refractivity contribution in [1.82, 2.24) is 5.32 Å². The number of methoxy groups -OCH3 is 1. The number of ether oxygens (including phenoxy) is 1. The maximum absolute atomic E-state index is 13.1. The lowest BCUT2D eigenvalue weighted by Crippen LogP contribution is -2.29. The third-order valence-corrected chi connectivity index (χ3v) is 2.86. The normalized spacial score (nSPS) is 12.8. The third-order valence-electron chi connectivity index (χ3n) is 2.86. The van der Waals surface area contributed by atoms with Gasteiger partial charge in [0.1, 0.15) is 5.82 Å². The molecule has 16 heavy (non-hydrogen) atoms. The van der Waals surface area contributed by atoms with Gasteiger partial charge in [0.05, 0.1) is 0 Å². The second-order valence-corrected chi connectivity index (χ2v) is 4.04. The van der Waals surface area contributed by atoms with Crippen LogP contribution in [0.3, 0.4) is 0 Å². The highest BCUT2D eigenvalue weighted by Gasteiger charge is 2.09. The first-order valence-corrected chi connectivity index (χ1v) is 5.58. The second kappa shape index (κ2) is 6.61. The van der Waals surface area contributed by atoms with E-state index in [4.69, 9.17) is 4.74 Å². The molecule has 1 aromatic rings. The fraction of sp³-hybridized carbons (Fsp3) is 0.538. The van der Waals surface area contributed by atoms with Crippen LogP contribution in [0.25, 0.3) is 0 Å². The molecule has 0 aliphatic heterocycles. The van der Waals surface area contributed by atoms with Crippen LogP contribution < -0.4 is 5.32 Å². The second-order valence-electron chi connectivity index (χ2n) is 4.04. The molecule has 0 saturated heterocycles. The number of nitrogens with one attached hydrogen (secondary N) is 1. The first-order valence-electron chi connectivity index (χ1n) is 5.58. The maximum Gasteiger partial charge on any atom is 0.123 e. The molecule has 0 aromatic heterocycles. The zero-order chi connectivity index (χ0) is 12.0. The van der Waals surface area contributed by atoms with E-state index in [0.717, 1.165) is 30.6 Å². The molecule has 1 N–H and O–H groups in total. The van der Waals surface area contributed by atoms with Crippen molar-refractivity contribution in [1.29, 1.82) is 0 Å². The molecule has 0 fully saturated rings. The predicted molar refractivity (Wildman–Crippen MR) is 64.2 cm³/mol. The Morgan fingerprint density at radius 3 is 2.81 bits per heavy atom. The molecule has 0 heterocycles. The highest BCUT2D eigenvalue weighted by Crippen LogP contribution is 2.13. The standard InChI is InChI=1S/C13H20FNO/c1-10-4-5-12(14)8-11(10)9-13(15-2)6-7-16-3/h4-5,8,13,15H,6-7,9H2,1-3H3. The van der Waals surface area contributed by atoms with Crippen LogP contribution in [0.15, 0.2) is 18.2 Å². The Morgan fingerprint density at radius 1 is 1.44 bits per heavy atom. The first kappa shape index (κ1) is 13.1. The van der Waals surface area contributed by atoms with Crippen molar-refractivity contribution in [3.8, 4) is 0 Å². The molecule has 1 atom stereocenters. The first-order chi connectivity index (χ1) is 7.67. The van der Waals surface area contributed by atoms with Gasteiger partial charge in [0.2, 0.25) is 0 Å². The minimum atomic E-state index is -0.165. The monoisotopic (exact) mass is 225 g/mol. The Morgan fingerprint density at radius 2 is 2.19 bits per heavy atom. The zero-order valence-electron chi connectivity index (χ0n) is 10.2. The zero-order valence-corrected chi connectivity index (χ0v) is 10.2. The summed E-state index contributed by atoms with van der Waals surface area (Å²) in [5, 5.41) is 3.23. The van der Waals surface area contributed by atoms with Crippen molar-refractivity contribution >= 4 is 0 Å². The van der Waals surface area contributed by atoms with Crippen molar-refractivity contribution in [2.45, 2.75) is 25.8 Å². The number of halogens is 1. The van der Waals surface area contributed by atoms with Gasteiger partial charge >= 0.3 is 0 Å². The number of aryl methyl sites for hydroxylation is 1. The van der Waals surface area contributed by atoms with Crippen LogP contribution in [0.2, 0.25) is 0 Å². The molecule has 0 radical (unpaired) electrons. The Balaban J connectivity index is 2.65. The van der Waals surface area contributed by atoms with E-state index in [2.05, 4.69) is 5.32 Å². The van der Waals surface area contributed by atoms with E-state index in [1.807, 2.05) is 20.0 Å². The summed E-state index contributed by atoms with van der Waals surface area (Å²) < 4.78 is 18.2. The molecule has 0 aliphatic rings. The molecule has 3 heteroatoms. The minimum Gasteiger partial charge on any atom is -0.385 e.